The number of hydrogen-bond acceptors (Lipinski definition) is 2. The fraction of sp³-hybridized carbons (Fsp3) is 1.00. The summed E-state index contributed by atoms with van der Waals surface area (Å²) in [5.74, 6) is 0. The predicted molar refractivity (Wildman–Crippen MR) is 49.9 cm³/mol. The molecule has 0 rings (SSSR count). The largest absolute Gasteiger partial charge is 0.396 e. The normalized spacial score (nSPS) is 9.82. The molecule has 11 heavy (non-hydrogen) atoms. The minimum Gasteiger partial charge on any atom is -0.396 e. The van der Waals surface area contributed by atoms with Crippen LogP contribution in [-0.2, 0) is 0 Å². The summed E-state index contributed by atoms with van der Waals surface area (Å²) >= 11 is 0. The second kappa shape index (κ2) is 10.9. The van der Waals surface area contributed by atoms with Gasteiger partial charge in [-0.05, 0) is 33.5 Å². The Balaban J connectivity index is 0. The Hall–Kier alpha value is 0.920. The van der Waals surface area contributed by atoms with Crippen LogP contribution in [0.2, 0.25) is 0 Å². The fourth-order valence-corrected chi connectivity index (χ4v) is 0.893. The fourth-order valence-electron chi connectivity index (χ4n) is 0.893. The van der Waals surface area contributed by atoms with E-state index in [0.29, 0.717) is 6.61 Å². The van der Waals surface area contributed by atoms with E-state index in [1.165, 1.54) is 25.8 Å². The van der Waals surface area contributed by atoms with Gasteiger partial charge < -0.3 is 10.0 Å². The first-order valence-electron chi connectivity index (χ1n) is 4.03. The van der Waals surface area contributed by atoms with E-state index in [0.717, 1.165) is 6.42 Å². The Morgan fingerprint density at radius 3 is 2.00 bits per heavy atom. The Labute approximate surface area is 92.3 Å². The average Bonchev–Trinajstić information content (AvgIpc) is 1.87. The molecule has 0 aliphatic carbocycles. The zero-order chi connectivity index (χ0) is 7.82. The number of rotatable bonds is 6. The minimum atomic E-state index is 0. The van der Waals surface area contributed by atoms with Crippen molar-refractivity contribution in [2.24, 2.45) is 0 Å². The SMILES string of the molecule is CN(C)CCCCCCO.[Na]. The van der Waals surface area contributed by atoms with E-state index in [9.17, 15) is 0 Å². The van der Waals surface area contributed by atoms with Crippen LogP contribution in [0.5, 0.6) is 0 Å². The van der Waals surface area contributed by atoms with E-state index in [1.54, 1.807) is 0 Å². The van der Waals surface area contributed by atoms with Crippen LogP contribution in [0.15, 0.2) is 0 Å². The van der Waals surface area contributed by atoms with E-state index >= 15 is 0 Å². The van der Waals surface area contributed by atoms with Crippen LogP contribution < -0.4 is 0 Å². The molecule has 0 saturated heterocycles. The van der Waals surface area contributed by atoms with Crippen molar-refractivity contribution in [2.45, 2.75) is 25.7 Å². The average molecular weight is 168 g/mol. The second-order valence-electron chi connectivity index (χ2n) is 2.94. The van der Waals surface area contributed by atoms with Crippen LogP contribution in [0.1, 0.15) is 25.7 Å². The molecule has 0 saturated carbocycles. The van der Waals surface area contributed by atoms with Crippen LogP contribution in [0, 0.1) is 0 Å². The first-order chi connectivity index (χ1) is 4.77. The molecule has 0 aliphatic heterocycles. The van der Waals surface area contributed by atoms with Crippen LogP contribution in [0.25, 0.3) is 0 Å². The van der Waals surface area contributed by atoms with Gasteiger partial charge in [0.15, 0.2) is 0 Å². The van der Waals surface area contributed by atoms with Gasteiger partial charge >= 0.3 is 0 Å². The molecule has 0 aromatic carbocycles. The van der Waals surface area contributed by atoms with Gasteiger partial charge in [0.25, 0.3) is 0 Å². The van der Waals surface area contributed by atoms with Crippen molar-refractivity contribution in [3.8, 4) is 0 Å². The third-order valence-electron chi connectivity index (χ3n) is 1.51. The zero-order valence-corrected chi connectivity index (χ0v) is 10.1. The van der Waals surface area contributed by atoms with Crippen molar-refractivity contribution in [3.63, 3.8) is 0 Å². The van der Waals surface area contributed by atoms with E-state index in [-0.39, 0.29) is 29.6 Å². The molecule has 63 valence electrons. The standard InChI is InChI=1S/C8H19NO.Na/c1-9(2)7-5-3-4-6-8-10;/h10H,3-8H2,1-2H3;. The molecule has 0 fully saturated rings. The summed E-state index contributed by atoms with van der Waals surface area (Å²) in [4.78, 5) is 2.19. The zero-order valence-electron chi connectivity index (χ0n) is 8.14. The summed E-state index contributed by atoms with van der Waals surface area (Å²) in [5, 5.41) is 8.46. The molecule has 0 spiro atoms. The van der Waals surface area contributed by atoms with Gasteiger partial charge in [-0.3, -0.25) is 0 Å². The van der Waals surface area contributed by atoms with Gasteiger partial charge in [-0.1, -0.05) is 12.8 Å². The molecule has 0 heterocycles. The Morgan fingerprint density at radius 2 is 1.55 bits per heavy atom. The summed E-state index contributed by atoms with van der Waals surface area (Å²) in [5.41, 5.74) is 0. The first kappa shape index (κ1) is 14.4. The second-order valence-corrected chi connectivity index (χ2v) is 2.94. The van der Waals surface area contributed by atoms with Gasteiger partial charge in [0, 0.05) is 36.2 Å². The van der Waals surface area contributed by atoms with Crippen molar-refractivity contribution in [3.05, 3.63) is 0 Å². The Bertz CT molecular complexity index is 69.1. The van der Waals surface area contributed by atoms with Crippen LogP contribution in [0.4, 0.5) is 0 Å². The van der Waals surface area contributed by atoms with Gasteiger partial charge in [0.2, 0.25) is 0 Å². The molecule has 2 nitrogen and oxygen atoms in total. The number of unbranched alkanes of at least 4 members (excludes halogenated alkanes) is 3. The summed E-state index contributed by atoms with van der Waals surface area (Å²) < 4.78 is 0. The predicted octanol–water partition coefficient (Wildman–Crippen LogP) is 0.720. The van der Waals surface area contributed by atoms with Crippen LogP contribution in [-0.4, -0.2) is 66.8 Å². The number of aliphatic hydroxyl groups is 1. The molecule has 0 aromatic heterocycles. The summed E-state index contributed by atoms with van der Waals surface area (Å²) in [6.45, 7) is 1.52. The molecule has 3 heteroatoms. The Kier molecular flexibility index (Phi) is 14.3. The summed E-state index contributed by atoms with van der Waals surface area (Å²) in [6.07, 6.45) is 4.64. The molecule has 0 bridgehead atoms. The van der Waals surface area contributed by atoms with Crippen molar-refractivity contribution in [1.29, 1.82) is 0 Å². The van der Waals surface area contributed by atoms with Crippen molar-refractivity contribution >= 4 is 29.6 Å². The molecular weight excluding hydrogens is 149 g/mol. The summed E-state index contributed by atoms with van der Waals surface area (Å²) in [7, 11) is 4.18. The maximum atomic E-state index is 8.46. The number of aliphatic hydroxyl groups excluding tert-OH is 1. The number of hydrogen-bond donors (Lipinski definition) is 1. The smallest absolute Gasteiger partial charge is 0.0431 e. The molecule has 0 atom stereocenters. The summed E-state index contributed by atoms with van der Waals surface area (Å²) in [6, 6.07) is 0. The van der Waals surface area contributed by atoms with Crippen LogP contribution in [0.3, 0.4) is 0 Å². The van der Waals surface area contributed by atoms with E-state index in [4.69, 9.17) is 5.11 Å². The Morgan fingerprint density at radius 1 is 1.00 bits per heavy atom. The van der Waals surface area contributed by atoms with E-state index < -0.39 is 0 Å². The third-order valence-corrected chi connectivity index (χ3v) is 1.51. The maximum absolute atomic E-state index is 8.46. The quantitative estimate of drug-likeness (QED) is 0.466. The van der Waals surface area contributed by atoms with Crippen LogP contribution >= 0.6 is 0 Å². The van der Waals surface area contributed by atoms with Gasteiger partial charge in [-0.15, -0.1) is 0 Å². The van der Waals surface area contributed by atoms with E-state index in [1.807, 2.05) is 0 Å². The first-order valence-corrected chi connectivity index (χ1v) is 4.03. The number of nitrogens with zero attached hydrogens (tertiary/aromatic N) is 1. The van der Waals surface area contributed by atoms with Crippen molar-refractivity contribution < 1.29 is 5.11 Å². The monoisotopic (exact) mass is 168 g/mol. The molecule has 0 aliphatic rings. The maximum Gasteiger partial charge on any atom is 0.0431 e. The molecule has 0 aromatic rings. The third kappa shape index (κ3) is 13.9. The molecule has 1 radical (unpaired) electrons. The van der Waals surface area contributed by atoms with Gasteiger partial charge in [0.05, 0.1) is 0 Å². The molecular formula is C8H19NNaO. The molecule has 0 unspecified atom stereocenters. The minimum absolute atomic E-state index is 0. The molecule has 0 amide bonds. The van der Waals surface area contributed by atoms with Crippen molar-refractivity contribution in [2.75, 3.05) is 27.2 Å². The van der Waals surface area contributed by atoms with Gasteiger partial charge in [-0.2, -0.15) is 0 Å². The van der Waals surface area contributed by atoms with Crippen molar-refractivity contribution in [1.82, 2.24) is 4.90 Å². The van der Waals surface area contributed by atoms with E-state index in [2.05, 4.69) is 19.0 Å². The molecule has 1 N–H and O–H groups in total. The van der Waals surface area contributed by atoms with Gasteiger partial charge in [0.1, 0.15) is 0 Å². The topological polar surface area (TPSA) is 23.5 Å². The van der Waals surface area contributed by atoms with Gasteiger partial charge in [-0.25, -0.2) is 0 Å².